The first kappa shape index (κ1) is 14.0. The van der Waals surface area contributed by atoms with Crippen molar-refractivity contribution >= 4 is 16.0 Å². The molecule has 0 bridgehead atoms. The van der Waals surface area contributed by atoms with Crippen LogP contribution in [-0.2, 0) is 14.8 Å². The molecule has 2 atom stereocenters. The highest BCUT2D eigenvalue weighted by molar-refractivity contribution is 7.89. The third-order valence-corrected chi connectivity index (χ3v) is 5.38. The number of hydrogen-bond acceptors (Lipinski definition) is 4. The van der Waals surface area contributed by atoms with Gasteiger partial charge in [0.15, 0.2) is 0 Å². The van der Waals surface area contributed by atoms with Gasteiger partial charge in [-0.15, -0.1) is 0 Å². The predicted octanol–water partition coefficient (Wildman–Crippen LogP) is 0.955. The smallest absolute Gasteiger partial charge is 0.307 e. The first-order valence-electron chi connectivity index (χ1n) is 6.07. The number of rotatable bonds is 3. The van der Waals surface area contributed by atoms with Gasteiger partial charge < -0.3 is 5.11 Å². The van der Waals surface area contributed by atoms with Crippen molar-refractivity contribution in [2.45, 2.75) is 30.7 Å². The first-order chi connectivity index (χ1) is 8.93. The summed E-state index contributed by atoms with van der Waals surface area (Å²) in [4.78, 5) is 14.9. The van der Waals surface area contributed by atoms with E-state index in [1.54, 1.807) is 13.0 Å². The second kappa shape index (κ2) is 5.26. The zero-order valence-electron chi connectivity index (χ0n) is 10.6. The fourth-order valence-electron chi connectivity index (χ4n) is 2.25. The van der Waals surface area contributed by atoms with Crippen molar-refractivity contribution in [1.82, 2.24) is 9.29 Å². The zero-order valence-corrected chi connectivity index (χ0v) is 11.4. The zero-order chi connectivity index (χ0) is 14.0. The third kappa shape index (κ3) is 2.76. The van der Waals surface area contributed by atoms with Gasteiger partial charge in [-0.1, -0.05) is 0 Å². The standard InChI is InChI=1S/C12H16N2O4S/c1-9-4-5-10(12(15)16)8-14(9)19(17,18)11-3-2-6-13-7-11/h2-3,6-7,9-10H,4-5,8H2,1H3,(H,15,16). The summed E-state index contributed by atoms with van der Waals surface area (Å²) in [5, 5.41) is 9.04. The van der Waals surface area contributed by atoms with Crippen LogP contribution in [0.4, 0.5) is 0 Å². The number of nitrogens with zero attached hydrogens (tertiary/aromatic N) is 2. The molecular formula is C12H16N2O4S. The molecule has 1 aromatic heterocycles. The van der Waals surface area contributed by atoms with Gasteiger partial charge >= 0.3 is 5.97 Å². The van der Waals surface area contributed by atoms with Crippen molar-refractivity contribution in [3.8, 4) is 0 Å². The van der Waals surface area contributed by atoms with Gasteiger partial charge in [-0.05, 0) is 31.9 Å². The molecule has 0 saturated carbocycles. The maximum atomic E-state index is 12.5. The van der Waals surface area contributed by atoms with Gasteiger partial charge in [-0.25, -0.2) is 8.42 Å². The second-order valence-electron chi connectivity index (χ2n) is 4.72. The van der Waals surface area contributed by atoms with Gasteiger partial charge in [0.05, 0.1) is 5.92 Å². The minimum absolute atomic E-state index is 0.0216. The summed E-state index contributed by atoms with van der Waals surface area (Å²) in [5.74, 6) is -1.58. The molecule has 1 aliphatic heterocycles. The number of carboxylic acid groups (broad SMARTS) is 1. The van der Waals surface area contributed by atoms with Gasteiger partial charge in [0.1, 0.15) is 4.90 Å². The fourth-order valence-corrected chi connectivity index (χ4v) is 3.92. The summed E-state index contributed by atoms with van der Waals surface area (Å²) in [6.45, 7) is 1.82. The lowest BCUT2D eigenvalue weighted by atomic mass is 9.96. The lowest BCUT2D eigenvalue weighted by Crippen LogP contribution is -2.47. The van der Waals surface area contributed by atoms with Gasteiger partial charge in [0.2, 0.25) is 10.0 Å². The highest BCUT2D eigenvalue weighted by Crippen LogP contribution is 2.27. The lowest BCUT2D eigenvalue weighted by molar-refractivity contribution is -0.143. The molecule has 1 aliphatic rings. The van der Waals surface area contributed by atoms with Gasteiger partial charge in [0.25, 0.3) is 0 Å². The van der Waals surface area contributed by atoms with Crippen LogP contribution in [0.3, 0.4) is 0 Å². The van der Waals surface area contributed by atoms with Crippen molar-refractivity contribution in [2.75, 3.05) is 6.54 Å². The summed E-state index contributed by atoms with van der Waals surface area (Å²) in [5.41, 5.74) is 0. The van der Waals surface area contributed by atoms with Gasteiger partial charge in [-0.2, -0.15) is 4.31 Å². The number of hydrogen-bond donors (Lipinski definition) is 1. The minimum Gasteiger partial charge on any atom is -0.481 e. The van der Waals surface area contributed by atoms with Crippen molar-refractivity contribution in [1.29, 1.82) is 0 Å². The highest BCUT2D eigenvalue weighted by atomic mass is 32.2. The Morgan fingerprint density at radius 3 is 2.79 bits per heavy atom. The van der Waals surface area contributed by atoms with E-state index in [0.717, 1.165) is 0 Å². The Kier molecular flexibility index (Phi) is 3.86. The SMILES string of the molecule is CC1CCC(C(=O)O)CN1S(=O)(=O)c1cccnc1. The van der Waals surface area contributed by atoms with E-state index in [4.69, 9.17) is 5.11 Å². The number of carboxylic acids is 1. The minimum atomic E-state index is -3.67. The number of piperidine rings is 1. The molecule has 104 valence electrons. The highest BCUT2D eigenvalue weighted by Gasteiger charge is 2.37. The number of aromatic nitrogens is 1. The van der Waals surface area contributed by atoms with Crippen LogP contribution in [0.2, 0.25) is 0 Å². The monoisotopic (exact) mass is 284 g/mol. The summed E-state index contributed by atoms with van der Waals surface area (Å²) in [6.07, 6.45) is 3.84. The van der Waals surface area contributed by atoms with E-state index in [0.29, 0.717) is 12.8 Å². The van der Waals surface area contributed by atoms with Crippen LogP contribution < -0.4 is 0 Å². The Morgan fingerprint density at radius 1 is 1.47 bits per heavy atom. The number of pyridine rings is 1. The molecule has 2 rings (SSSR count). The Balaban J connectivity index is 2.31. The maximum Gasteiger partial charge on any atom is 0.307 e. The van der Waals surface area contributed by atoms with Crippen LogP contribution in [0.15, 0.2) is 29.4 Å². The molecule has 0 aliphatic carbocycles. The molecule has 0 radical (unpaired) electrons. The van der Waals surface area contributed by atoms with E-state index in [1.807, 2.05) is 0 Å². The van der Waals surface area contributed by atoms with Crippen LogP contribution >= 0.6 is 0 Å². The Labute approximate surface area is 112 Å². The molecule has 0 aromatic carbocycles. The van der Waals surface area contributed by atoms with E-state index in [2.05, 4.69) is 4.98 Å². The summed E-state index contributed by atoms with van der Waals surface area (Å²) in [7, 11) is -3.67. The Morgan fingerprint density at radius 2 is 2.21 bits per heavy atom. The van der Waals surface area contributed by atoms with Crippen LogP contribution in [0.5, 0.6) is 0 Å². The van der Waals surface area contributed by atoms with Crippen LogP contribution in [0, 0.1) is 5.92 Å². The quantitative estimate of drug-likeness (QED) is 0.893. The Hall–Kier alpha value is -1.47. The van der Waals surface area contributed by atoms with Crippen LogP contribution in [-0.4, -0.2) is 41.4 Å². The van der Waals surface area contributed by atoms with Gasteiger partial charge in [0, 0.05) is 25.0 Å². The number of carbonyl (C=O) groups is 1. The summed E-state index contributed by atoms with van der Waals surface area (Å²) < 4.78 is 26.2. The molecule has 0 spiro atoms. The summed E-state index contributed by atoms with van der Waals surface area (Å²) in [6, 6.07) is 2.83. The largest absolute Gasteiger partial charge is 0.481 e. The maximum absolute atomic E-state index is 12.5. The summed E-state index contributed by atoms with van der Waals surface area (Å²) >= 11 is 0. The first-order valence-corrected chi connectivity index (χ1v) is 7.51. The van der Waals surface area contributed by atoms with Crippen molar-refractivity contribution in [3.63, 3.8) is 0 Å². The normalized spacial score (nSPS) is 25.1. The van der Waals surface area contributed by atoms with E-state index in [1.165, 1.54) is 22.8 Å². The van der Waals surface area contributed by atoms with Crippen LogP contribution in [0.1, 0.15) is 19.8 Å². The molecule has 1 saturated heterocycles. The average molecular weight is 284 g/mol. The molecule has 1 aromatic rings. The molecule has 0 amide bonds. The number of sulfonamides is 1. The fraction of sp³-hybridized carbons (Fsp3) is 0.500. The van der Waals surface area contributed by atoms with E-state index in [9.17, 15) is 13.2 Å². The molecular weight excluding hydrogens is 268 g/mol. The molecule has 2 unspecified atom stereocenters. The van der Waals surface area contributed by atoms with Crippen LogP contribution in [0.25, 0.3) is 0 Å². The van der Waals surface area contributed by atoms with Crippen molar-refractivity contribution in [2.24, 2.45) is 5.92 Å². The topological polar surface area (TPSA) is 87.6 Å². The van der Waals surface area contributed by atoms with Crippen molar-refractivity contribution in [3.05, 3.63) is 24.5 Å². The van der Waals surface area contributed by atoms with E-state index >= 15 is 0 Å². The number of aliphatic carboxylic acids is 1. The molecule has 6 nitrogen and oxygen atoms in total. The van der Waals surface area contributed by atoms with Gasteiger partial charge in [-0.3, -0.25) is 9.78 Å². The molecule has 1 fully saturated rings. The Bertz CT molecular complexity index is 558. The van der Waals surface area contributed by atoms with Crippen molar-refractivity contribution < 1.29 is 18.3 Å². The average Bonchev–Trinajstić information content (AvgIpc) is 2.39. The second-order valence-corrected chi connectivity index (χ2v) is 6.62. The van der Waals surface area contributed by atoms with E-state index < -0.39 is 21.9 Å². The molecule has 2 heterocycles. The third-order valence-electron chi connectivity index (χ3n) is 3.42. The van der Waals surface area contributed by atoms with E-state index in [-0.39, 0.29) is 17.5 Å². The molecule has 19 heavy (non-hydrogen) atoms. The predicted molar refractivity (Wildman–Crippen MR) is 68.0 cm³/mol. The lowest BCUT2D eigenvalue weighted by Gasteiger charge is -2.35. The molecule has 1 N–H and O–H groups in total. The molecule has 7 heteroatoms.